The first kappa shape index (κ1) is 20.2. The second-order valence-electron chi connectivity index (χ2n) is 6.03. The van der Waals surface area contributed by atoms with Crippen molar-refractivity contribution in [1.29, 1.82) is 5.26 Å². The monoisotopic (exact) mass is 406 g/mol. The summed E-state index contributed by atoms with van der Waals surface area (Å²) >= 11 is 0. The summed E-state index contributed by atoms with van der Waals surface area (Å²) < 4.78 is 13.5. The first-order chi connectivity index (χ1) is 14.4. The molecule has 3 amide bonds. The van der Waals surface area contributed by atoms with Gasteiger partial charge in [-0.05, 0) is 42.5 Å². The third kappa shape index (κ3) is 4.48. The number of nitrogens with one attached hydrogen (secondary N) is 4. The number of anilines is 2. The van der Waals surface area contributed by atoms with E-state index in [0.29, 0.717) is 11.4 Å². The average molecular weight is 406 g/mol. The van der Waals surface area contributed by atoms with E-state index in [-0.39, 0.29) is 22.5 Å². The minimum Gasteiger partial charge on any atom is -0.354 e. The van der Waals surface area contributed by atoms with E-state index < -0.39 is 23.5 Å². The van der Waals surface area contributed by atoms with Crippen molar-refractivity contribution in [2.45, 2.75) is 0 Å². The highest BCUT2D eigenvalue weighted by Crippen LogP contribution is 2.17. The van der Waals surface area contributed by atoms with Gasteiger partial charge in [-0.3, -0.25) is 14.4 Å². The summed E-state index contributed by atoms with van der Waals surface area (Å²) in [5.41, 5.74) is 0.807. The van der Waals surface area contributed by atoms with Gasteiger partial charge in [0.25, 0.3) is 17.7 Å². The van der Waals surface area contributed by atoms with Crippen molar-refractivity contribution in [3.8, 4) is 6.07 Å². The third-order valence-corrected chi connectivity index (χ3v) is 4.00. The smallest absolute Gasteiger partial charge is 0.276 e. The zero-order valence-electron chi connectivity index (χ0n) is 15.6. The molecule has 0 spiro atoms. The number of H-pyrrole nitrogens is 1. The highest BCUT2D eigenvalue weighted by molar-refractivity contribution is 6.10. The summed E-state index contributed by atoms with van der Waals surface area (Å²) in [6.45, 7) is 0. The van der Waals surface area contributed by atoms with Gasteiger partial charge in [0.1, 0.15) is 11.5 Å². The van der Waals surface area contributed by atoms with E-state index in [1.54, 1.807) is 6.07 Å². The molecule has 0 aliphatic heterocycles. The van der Waals surface area contributed by atoms with Crippen molar-refractivity contribution in [1.82, 2.24) is 15.3 Å². The molecule has 0 aliphatic carbocycles. The molecule has 30 heavy (non-hydrogen) atoms. The number of aromatic amines is 1. The Morgan fingerprint density at radius 2 is 1.63 bits per heavy atom. The van der Waals surface area contributed by atoms with Gasteiger partial charge in [0.05, 0.1) is 18.0 Å². The number of rotatable bonds is 5. The van der Waals surface area contributed by atoms with Crippen LogP contribution in [-0.2, 0) is 0 Å². The summed E-state index contributed by atoms with van der Waals surface area (Å²) in [5.74, 6) is -2.34. The van der Waals surface area contributed by atoms with Crippen LogP contribution in [0.3, 0.4) is 0 Å². The maximum atomic E-state index is 13.5. The minimum absolute atomic E-state index is 0.00388. The molecule has 3 aromatic rings. The van der Waals surface area contributed by atoms with Gasteiger partial charge in [-0.2, -0.15) is 5.26 Å². The first-order valence-corrected chi connectivity index (χ1v) is 8.60. The van der Waals surface area contributed by atoms with E-state index in [1.165, 1.54) is 43.7 Å². The SMILES string of the molecule is CNC(=O)c1[nH]cnc1C(=O)Nc1ccc(NC(=O)c2cc(F)cc(C#N)c2)cc1. The van der Waals surface area contributed by atoms with E-state index in [9.17, 15) is 18.8 Å². The van der Waals surface area contributed by atoms with Crippen LogP contribution in [0.25, 0.3) is 0 Å². The van der Waals surface area contributed by atoms with Crippen LogP contribution in [0.2, 0.25) is 0 Å². The van der Waals surface area contributed by atoms with Crippen molar-refractivity contribution in [2.75, 3.05) is 17.7 Å². The number of halogens is 1. The van der Waals surface area contributed by atoms with Crippen molar-refractivity contribution in [3.63, 3.8) is 0 Å². The van der Waals surface area contributed by atoms with Crippen LogP contribution in [0.5, 0.6) is 0 Å². The first-order valence-electron chi connectivity index (χ1n) is 8.60. The van der Waals surface area contributed by atoms with Crippen molar-refractivity contribution in [2.24, 2.45) is 0 Å². The highest BCUT2D eigenvalue weighted by atomic mass is 19.1. The molecule has 4 N–H and O–H groups in total. The number of benzene rings is 2. The van der Waals surface area contributed by atoms with Crippen LogP contribution < -0.4 is 16.0 Å². The predicted octanol–water partition coefficient (Wildman–Crippen LogP) is 2.28. The van der Waals surface area contributed by atoms with Gasteiger partial charge in [-0.1, -0.05) is 0 Å². The lowest BCUT2D eigenvalue weighted by molar-refractivity contribution is 0.0943. The second kappa shape index (κ2) is 8.66. The highest BCUT2D eigenvalue weighted by Gasteiger charge is 2.19. The Bertz CT molecular complexity index is 1160. The molecule has 0 saturated heterocycles. The largest absolute Gasteiger partial charge is 0.354 e. The van der Waals surface area contributed by atoms with Gasteiger partial charge >= 0.3 is 0 Å². The quantitative estimate of drug-likeness (QED) is 0.515. The molecule has 1 aromatic heterocycles. The summed E-state index contributed by atoms with van der Waals surface area (Å²) in [5, 5.41) is 16.5. The predicted molar refractivity (Wildman–Crippen MR) is 105 cm³/mol. The zero-order chi connectivity index (χ0) is 21.7. The third-order valence-electron chi connectivity index (χ3n) is 4.00. The molecular formula is C20H15FN6O3. The van der Waals surface area contributed by atoms with Crippen LogP contribution in [0.1, 0.15) is 36.9 Å². The molecule has 0 saturated carbocycles. The fraction of sp³-hybridized carbons (Fsp3) is 0.0500. The number of nitrogens with zero attached hydrogens (tertiary/aromatic N) is 2. The number of hydrogen-bond donors (Lipinski definition) is 4. The van der Waals surface area contributed by atoms with Gasteiger partial charge in [-0.15, -0.1) is 0 Å². The van der Waals surface area contributed by atoms with E-state index in [1.807, 2.05) is 0 Å². The standard InChI is InChI=1S/C20H15FN6O3/c1-23-19(29)16-17(25-10-24-16)20(30)27-15-4-2-14(3-5-15)26-18(28)12-6-11(9-22)7-13(21)8-12/h2-8,10H,1H3,(H,23,29)(H,24,25)(H,26,28)(H,27,30). The zero-order valence-corrected chi connectivity index (χ0v) is 15.6. The summed E-state index contributed by atoms with van der Waals surface area (Å²) in [4.78, 5) is 42.8. The molecule has 0 bridgehead atoms. The maximum Gasteiger partial charge on any atom is 0.276 e. The van der Waals surface area contributed by atoms with Crippen LogP contribution in [0.15, 0.2) is 48.8 Å². The number of carbonyl (C=O) groups excluding carboxylic acids is 3. The number of nitriles is 1. The minimum atomic E-state index is -0.688. The molecule has 1 heterocycles. The molecule has 0 fully saturated rings. The fourth-order valence-electron chi connectivity index (χ4n) is 2.58. The lowest BCUT2D eigenvalue weighted by atomic mass is 10.1. The number of carbonyl (C=O) groups is 3. The van der Waals surface area contributed by atoms with Gasteiger partial charge in [0.15, 0.2) is 5.69 Å². The summed E-state index contributed by atoms with van der Waals surface area (Å²) in [6.07, 6.45) is 1.24. The lowest BCUT2D eigenvalue weighted by Crippen LogP contribution is -2.23. The van der Waals surface area contributed by atoms with Crippen molar-refractivity contribution in [3.05, 3.63) is 77.1 Å². The lowest BCUT2D eigenvalue weighted by Gasteiger charge is -2.08. The second-order valence-corrected chi connectivity index (χ2v) is 6.03. The van der Waals surface area contributed by atoms with Gasteiger partial charge in [-0.25, -0.2) is 9.37 Å². The Hall–Kier alpha value is -4.52. The van der Waals surface area contributed by atoms with Crippen molar-refractivity contribution < 1.29 is 18.8 Å². The van der Waals surface area contributed by atoms with Crippen LogP contribution >= 0.6 is 0 Å². The van der Waals surface area contributed by atoms with Crippen molar-refractivity contribution >= 4 is 29.1 Å². The molecule has 0 aliphatic rings. The molecule has 9 nitrogen and oxygen atoms in total. The molecule has 150 valence electrons. The van der Waals surface area contributed by atoms with E-state index in [4.69, 9.17) is 5.26 Å². The topological polar surface area (TPSA) is 140 Å². The number of imidazole rings is 1. The molecule has 10 heteroatoms. The summed E-state index contributed by atoms with van der Waals surface area (Å²) in [6, 6.07) is 11.2. The van der Waals surface area contributed by atoms with E-state index in [2.05, 4.69) is 25.9 Å². The van der Waals surface area contributed by atoms with Crippen LogP contribution in [-0.4, -0.2) is 34.7 Å². The Morgan fingerprint density at radius 3 is 2.23 bits per heavy atom. The molecule has 2 aromatic carbocycles. The number of amides is 3. The van der Waals surface area contributed by atoms with Gasteiger partial charge < -0.3 is 20.9 Å². The Labute approximate surface area is 169 Å². The Morgan fingerprint density at radius 1 is 1.00 bits per heavy atom. The van der Waals surface area contributed by atoms with Gasteiger partial charge in [0, 0.05) is 24.0 Å². The molecular weight excluding hydrogens is 391 g/mol. The normalized spacial score (nSPS) is 10.0. The van der Waals surface area contributed by atoms with E-state index in [0.717, 1.165) is 12.1 Å². The molecule has 0 atom stereocenters. The Balaban J connectivity index is 1.68. The van der Waals surface area contributed by atoms with Crippen LogP contribution in [0.4, 0.5) is 15.8 Å². The van der Waals surface area contributed by atoms with Crippen LogP contribution in [0, 0.1) is 17.1 Å². The fourth-order valence-corrected chi connectivity index (χ4v) is 2.58. The average Bonchev–Trinajstić information content (AvgIpc) is 3.24. The van der Waals surface area contributed by atoms with Gasteiger partial charge in [0.2, 0.25) is 0 Å². The summed E-state index contributed by atoms with van der Waals surface area (Å²) in [7, 11) is 1.43. The maximum absolute atomic E-state index is 13.5. The Kier molecular flexibility index (Phi) is 5.84. The molecule has 0 unspecified atom stereocenters. The molecule has 0 radical (unpaired) electrons. The van der Waals surface area contributed by atoms with E-state index >= 15 is 0 Å². The number of hydrogen-bond acceptors (Lipinski definition) is 5. The number of aromatic nitrogens is 2. The molecule has 3 rings (SSSR count).